The van der Waals surface area contributed by atoms with Crippen molar-refractivity contribution in [2.45, 2.75) is 44.5 Å². The van der Waals surface area contributed by atoms with Gasteiger partial charge in [-0.3, -0.25) is 4.79 Å². The average molecular weight is 481 g/mol. The maximum absolute atomic E-state index is 12.4. The smallest absolute Gasteiger partial charge is 0.829 e. The molecule has 0 aliphatic carbocycles. The number of aliphatic hydroxyl groups is 2. The average Bonchev–Trinajstić information content (AvgIpc) is 2.66. The second-order valence-electron chi connectivity index (χ2n) is 6.90. The van der Waals surface area contributed by atoms with Crippen molar-refractivity contribution in [3.8, 4) is 5.75 Å². The Morgan fingerprint density at radius 1 is 1.31 bits per heavy atom. The van der Waals surface area contributed by atoms with Gasteiger partial charge in [-0.25, -0.2) is 8.98 Å². The van der Waals surface area contributed by atoms with Crippen LogP contribution in [-0.2, 0) is 24.1 Å². The van der Waals surface area contributed by atoms with Crippen LogP contribution >= 0.6 is 0 Å². The third-order valence-corrected chi connectivity index (χ3v) is 5.43. The summed E-state index contributed by atoms with van der Waals surface area (Å²) in [5, 5.41) is 34.5. The van der Waals surface area contributed by atoms with E-state index in [1.165, 1.54) is 18.2 Å². The molecule has 1 saturated heterocycles. The molecule has 3 rings (SSSR count). The maximum Gasteiger partial charge on any atom is 1.00 e. The third-order valence-electron chi connectivity index (χ3n) is 4.57. The van der Waals surface area contributed by atoms with E-state index in [9.17, 15) is 33.3 Å². The summed E-state index contributed by atoms with van der Waals surface area (Å²) in [6.07, 6.45) is -7.05. The van der Waals surface area contributed by atoms with Gasteiger partial charge in [-0.1, -0.05) is 0 Å². The van der Waals surface area contributed by atoms with Crippen molar-refractivity contribution in [3.63, 3.8) is 0 Å². The van der Waals surface area contributed by atoms with Gasteiger partial charge in [0.1, 0.15) is 29.6 Å². The van der Waals surface area contributed by atoms with Crippen molar-refractivity contribution in [2.75, 3.05) is 6.61 Å². The summed E-state index contributed by atoms with van der Waals surface area (Å²) < 4.78 is 44.5. The minimum atomic E-state index is -4.85. The molecule has 12 nitrogen and oxygen atoms in total. The molecule has 1 aromatic carbocycles. The van der Waals surface area contributed by atoms with Crippen molar-refractivity contribution in [1.82, 2.24) is 5.32 Å². The summed E-state index contributed by atoms with van der Waals surface area (Å²) in [6, 6.07) is 3.68. The van der Waals surface area contributed by atoms with Crippen LogP contribution in [0.25, 0.3) is 11.0 Å². The first kappa shape index (κ1) is 26.7. The summed E-state index contributed by atoms with van der Waals surface area (Å²) in [5.74, 6) is -0.921. The Morgan fingerprint density at radius 2 is 2.00 bits per heavy atom. The van der Waals surface area contributed by atoms with Gasteiger partial charge in [0.25, 0.3) is 0 Å². The Kier molecular flexibility index (Phi) is 8.83. The molecule has 1 fully saturated rings. The van der Waals surface area contributed by atoms with Crippen LogP contribution in [-0.4, -0.2) is 61.8 Å². The molecule has 1 aliphatic heterocycles. The molecule has 170 valence electrons. The first-order valence-electron chi connectivity index (χ1n) is 9.05. The molecule has 3 N–H and O–H groups in total. The van der Waals surface area contributed by atoms with Crippen molar-refractivity contribution in [1.29, 1.82) is 0 Å². The summed E-state index contributed by atoms with van der Waals surface area (Å²) >= 11 is 0. The van der Waals surface area contributed by atoms with E-state index in [1.807, 2.05) is 0 Å². The molecule has 2 heterocycles. The number of amides is 1. The largest absolute Gasteiger partial charge is 1.00 e. The predicted molar refractivity (Wildman–Crippen MR) is 101 cm³/mol. The van der Waals surface area contributed by atoms with E-state index >= 15 is 0 Å². The Morgan fingerprint density at radius 3 is 2.62 bits per heavy atom. The number of nitrogens with one attached hydrogen (secondary N) is 1. The van der Waals surface area contributed by atoms with Crippen LogP contribution in [0.5, 0.6) is 5.75 Å². The SMILES string of the molecule is CC(=O)N[C@@H]1[C@@H](O)[C@@H](OS(=O)(=O)Oc2ccc3c(C)cc(=O)oc3c2)[C@@H](CO)O[C@H]1[O-].[Na+]. The van der Waals surface area contributed by atoms with Crippen LogP contribution < -0.4 is 49.8 Å². The zero-order valence-corrected chi connectivity index (χ0v) is 20.2. The molecule has 2 aromatic rings. The van der Waals surface area contributed by atoms with E-state index in [2.05, 4.69) is 5.32 Å². The van der Waals surface area contributed by atoms with Gasteiger partial charge >= 0.3 is 45.6 Å². The van der Waals surface area contributed by atoms with Crippen LogP contribution in [0.15, 0.2) is 33.5 Å². The maximum atomic E-state index is 12.4. The molecule has 1 amide bonds. The summed E-state index contributed by atoms with van der Waals surface area (Å²) in [7, 11) is -4.85. The second-order valence-corrected chi connectivity index (χ2v) is 8.08. The molecule has 32 heavy (non-hydrogen) atoms. The zero-order chi connectivity index (χ0) is 22.9. The Balaban J connectivity index is 0.00000363. The number of carbonyl (C=O) groups excluding carboxylic acids is 1. The molecule has 0 unspecified atom stereocenters. The van der Waals surface area contributed by atoms with Crippen LogP contribution in [0, 0.1) is 6.92 Å². The molecular weight excluding hydrogens is 461 g/mol. The molecular formula is C18H20NNaO11S. The van der Waals surface area contributed by atoms with Crippen LogP contribution in [0.1, 0.15) is 12.5 Å². The number of rotatable bonds is 6. The topological polar surface area (TPSA) is 185 Å². The minimum absolute atomic E-state index is 0. The predicted octanol–water partition coefficient (Wildman–Crippen LogP) is -4.94. The van der Waals surface area contributed by atoms with E-state index in [4.69, 9.17) is 17.5 Å². The van der Waals surface area contributed by atoms with Gasteiger partial charge in [0.15, 0.2) is 0 Å². The number of aryl methyl sites for hydroxylation is 1. The third kappa shape index (κ3) is 6.07. The zero-order valence-electron chi connectivity index (χ0n) is 17.4. The standard InChI is InChI=1S/C18H20NO11S.Na/c1-8-5-14(22)27-12-6-10(3-4-11(8)12)29-31(25,26)30-17-13(7-20)28-18(24)15(16(17)23)19-9(2)21;/h3-6,13,15-18,20,23H,7H2,1-2H3,(H,19,21);/q-1;+1/t13-,15-,16-,17+,18-;/m1./s1. The number of hydrogen-bond acceptors (Lipinski definition) is 11. The van der Waals surface area contributed by atoms with Crippen LogP contribution in [0.3, 0.4) is 0 Å². The monoisotopic (exact) mass is 481 g/mol. The van der Waals surface area contributed by atoms with E-state index in [0.717, 1.165) is 13.0 Å². The first-order chi connectivity index (χ1) is 14.5. The van der Waals surface area contributed by atoms with Gasteiger partial charge in [-0.05, 0) is 24.6 Å². The molecule has 0 radical (unpaired) electrons. The summed E-state index contributed by atoms with van der Waals surface area (Å²) in [4.78, 5) is 22.8. The van der Waals surface area contributed by atoms with Gasteiger partial charge in [0.05, 0.1) is 12.6 Å². The fourth-order valence-electron chi connectivity index (χ4n) is 3.20. The van der Waals surface area contributed by atoms with E-state index < -0.39 is 59.2 Å². The van der Waals surface area contributed by atoms with Crippen molar-refractivity contribution in [3.05, 3.63) is 40.2 Å². The van der Waals surface area contributed by atoms with E-state index in [-0.39, 0.29) is 40.9 Å². The number of fused-ring (bicyclic) bond motifs is 1. The molecule has 0 bridgehead atoms. The van der Waals surface area contributed by atoms with Gasteiger partial charge in [0, 0.05) is 30.7 Å². The number of ether oxygens (including phenoxy) is 1. The molecule has 0 saturated carbocycles. The molecule has 1 aromatic heterocycles. The molecule has 0 spiro atoms. The van der Waals surface area contributed by atoms with Gasteiger partial charge in [-0.2, -0.15) is 8.42 Å². The molecule has 5 atom stereocenters. The van der Waals surface area contributed by atoms with Crippen molar-refractivity contribution in [2.24, 2.45) is 0 Å². The number of carbonyl (C=O) groups is 1. The Bertz CT molecular complexity index is 1140. The number of benzene rings is 1. The van der Waals surface area contributed by atoms with Crippen molar-refractivity contribution < 1.29 is 75.6 Å². The quantitative estimate of drug-likeness (QED) is 0.265. The summed E-state index contributed by atoms with van der Waals surface area (Å²) in [6.45, 7) is 1.92. The van der Waals surface area contributed by atoms with Gasteiger partial charge < -0.3 is 34.0 Å². The van der Waals surface area contributed by atoms with Crippen LogP contribution in [0.4, 0.5) is 0 Å². The van der Waals surface area contributed by atoms with Gasteiger partial charge in [-0.15, -0.1) is 0 Å². The second kappa shape index (κ2) is 10.6. The van der Waals surface area contributed by atoms with Crippen molar-refractivity contribution >= 4 is 27.3 Å². The Labute approximate surface area is 204 Å². The first-order valence-corrected chi connectivity index (χ1v) is 10.4. The normalized spacial score (nSPS) is 25.7. The molecule has 1 aliphatic rings. The fraction of sp³-hybridized carbons (Fsp3) is 0.444. The number of aliphatic hydroxyl groups excluding tert-OH is 2. The van der Waals surface area contributed by atoms with E-state index in [1.54, 1.807) is 6.92 Å². The van der Waals surface area contributed by atoms with E-state index in [0.29, 0.717) is 10.9 Å². The number of hydrogen-bond donors (Lipinski definition) is 3. The van der Waals surface area contributed by atoms with Crippen LogP contribution in [0.2, 0.25) is 0 Å². The molecule has 14 heteroatoms. The minimum Gasteiger partial charge on any atom is -0.829 e. The fourth-order valence-corrected chi connectivity index (χ4v) is 4.09. The Hall–Kier alpha value is -1.55. The van der Waals surface area contributed by atoms with Gasteiger partial charge in [0.2, 0.25) is 5.91 Å². The summed E-state index contributed by atoms with van der Waals surface area (Å²) in [5.41, 5.74) is 0.0546.